The molecule has 0 bridgehead atoms. The SMILES string of the molecule is CCCCCc1ccc(CCCc2cc(O)cc(O)c2)o1. The van der Waals surface area contributed by atoms with Gasteiger partial charge in [-0.2, -0.15) is 0 Å². The molecule has 0 spiro atoms. The zero-order valence-electron chi connectivity index (χ0n) is 12.6. The topological polar surface area (TPSA) is 53.6 Å². The minimum absolute atomic E-state index is 0.112. The molecule has 0 unspecified atom stereocenters. The number of rotatable bonds is 8. The Morgan fingerprint density at radius 2 is 1.43 bits per heavy atom. The van der Waals surface area contributed by atoms with Gasteiger partial charge >= 0.3 is 0 Å². The number of benzene rings is 1. The number of phenols is 2. The van der Waals surface area contributed by atoms with Crippen LogP contribution in [0, 0.1) is 0 Å². The Labute approximate surface area is 126 Å². The minimum atomic E-state index is 0.112. The molecule has 2 rings (SSSR count). The van der Waals surface area contributed by atoms with Gasteiger partial charge in [0.05, 0.1) is 0 Å². The lowest BCUT2D eigenvalue weighted by Crippen LogP contribution is -1.89. The third kappa shape index (κ3) is 5.18. The Hall–Kier alpha value is -1.90. The van der Waals surface area contributed by atoms with Gasteiger partial charge in [0.2, 0.25) is 0 Å². The highest BCUT2D eigenvalue weighted by Crippen LogP contribution is 2.22. The highest BCUT2D eigenvalue weighted by Gasteiger charge is 2.04. The molecule has 0 saturated heterocycles. The van der Waals surface area contributed by atoms with Crippen LogP contribution in [-0.4, -0.2) is 10.2 Å². The highest BCUT2D eigenvalue weighted by atomic mass is 16.3. The smallest absolute Gasteiger partial charge is 0.119 e. The molecule has 114 valence electrons. The Balaban J connectivity index is 1.78. The molecule has 3 nitrogen and oxygen atoms in total. The summed E-state index contributed by atoms with van der Waals surface area (Å²) in [6, 6.07) is 8.86. The van der Waals surface area contributed by atoms with Crippen molar-refractivity contribution in [2.24, 2.45) is 0 Å². The summed E-state index contributed by atoms with van der Waals surface area (Å²) in [6.45, 7) is 2.20. The summed E-state index contributed by atoms with van der Waals surface area (Å²) in [5.74, 6) is 2.32. The number of phenolic OH excluding ortho intramolecular Hbond substituents is 2. The fourth-order valence-electron chi connectivity index (χ4n) is 2.51. The molecule has 21 heavy (non-hydrogen) atoms. The zero-order chi connectivity index (χ0) is 15.1. The van der Waals surface area contributed by atoms with E-state index in [-0.39, 0.29) is 11.5 Å². The first-order valence-electron chi connectivity index (χ1n) is 7.77. The maximum absolute atomic E-state index is 9.44. The van der Waals surface area contributed by atoms with Crippen LogP contribution in [0.25, 0.3) is 0 Å². The molecule has 3 heteroatoms. The number of aromatic hydroxyl groups is 2. The van der Waals surface area contributed by atoms with E-state index in [1.807, 2.05) is 0 Å². The number of unbranched alkanes of at least 4 members (excludes halogenated alkanes) is 2. The third-order valence-electron chi connectivity index (χ3n) is 3.59. The van der Waals surface area contributed by atoms with Gasteiger partial charge in [-0.3, -0.25) is 0 Å². The first kappa shape index (κ1) is 15.5. The molecular weight excluding hydrogens is 264 g/mol. The standard InChI is InChI=1S/C18H24O3/c1-2-3-4-7-17-9-10-18(21-17)8-5-6-14-11-15(19)13-16(20)12-14/h9-13,19-20H,2-8H2,1H3. The van der Waals surface area contributed by atoms with Crippen molar-refractivity contribution in [1.82, 2.24) is 0 Å². The van der Waals surface area contributed by atoms with Crippen molar-refractivity contribution in [3.63, 3.8) is 0 Å². The number of aryl methyl sites for hydroxylation is 3. The Morgan fingerprint density at radius 3 is 2.05 bits per heavy atom. The van der Waals surface area contributed by atoms with Crippen molar-refractivity contribution in [2.75, 3.05) is 0 Å². The van der Waals surface area contributed by atoms with Gasteiger partial charge in [-0.05, 0) is 49.1 Å². The van der Waals surface area contributed by atoms with Crippen LogP contribution in [-0.2, 0) is 19.3 Å². The first-order valence-corrected chi connectivity index (χ1v) is 7.77. The largest absolute Gasteiger partial charge is 0.508 e. The second-order valence-corrected chi connectivity index (χ2v) is 5.54. The number of furan rings is 1. The van der Waals surface area contributed by atoms with Crippen molar-refractivity contribution >= 4 is 0 Å². The van der Waals surface area contributed by atoms with E-state index in [1.54, 1.807) is 12.1 Å². The van der Waals surface area contributed by atoms with Gasteiger partial charge in [0.15, 0.2) is 0 Å². The lowest BCUT2D eigenvalue weighted by atomic mass is 10.1. The van der Waals surface area contributed by atoms with Crippen molar-refractivity contribution < 1.29 is 14.6 Å². The van der Waals surface area contributed by atoms with Crippen molar-refractivity contribution in [2.45, 2.75) is 51.9 Å². The summed E-state index contributed by atoms with van der Waals surface area (Å²) in [5, 5.41) is 18.9. The van der Waals surface area contributed by atoms with Gasteiger partial charge in [0.1, 0.15) is 23.0 Å². The Kier molecular flexibility index (Phi) is 5.73. The number of hydrogen-bond acceptors (Lipinski definition) is 3. The molecular formula is C18H24O3. The predicted octanol–water partition coefficient (Wildman–Crippen LogP) is 4.60. The van der Waals surface area contributed by atoms with Gasteiger partial charge in [-0.25, -0.2) is 0 Å². The molecule has 0 aliphatic heterocycles. The van der Waals surface area contributed by atoms with Gasteiger partial charge in [0.25, 0.3) is 0 Å². The normalized spacial score (nSPS) is 10.9. The Morgan fingerprint density at radius 1 is 0.810 bits per heavy atom. The molecule has 0 aliphatic rings. The van der Waals surface area contributed by atoms with E-state index in [4.69, 9.17) is 4.42 Å². The van der Waals surface area contributed by atoms with E-state index in [2.05, 4.69) is 19.1 Å². The van der Waals surface area contributed by atoms with Crippen molar-refractivity contribution in [3.8, 4) is 11.5 Å². The van der Waals surface area contributed by atoms with Gasteiger partial charge < -0.3 is 14.6 Å². The maximum atomic E-state index is 9.44. The molecule has 1 heterocycles. The van der Waals surface area contributed by atoms with Crippen LogP contribution in [0.5, 0.6) is 11.5 Å². The average molecular weight is 288 g/mol. The molecule has 0 aliphatic carbocycles. The molecule has 0 fully saturated rings. The molecule has 1 aromatic heterocycles. The molecule has 0 atom stereocenters. The maximum Gasteiger partial charge on any atom is 0.119 e. The van der Waals surface area contributed by atoms with Crippen molar-refractivity contribution in [3.05, 3.63) is 47.4 Å². The van der Waals surface area contributed by atoms with Gasteiger partial charge in [0, 0.05) is 18.9 Å². The van der Waals surface area contributed by atoms with E-state index in [0.717, 1.165) is 42.8 Å². The van der Waals surface area contributed by atoms with E-state index in [1.165, 1.54) is 25.3 Å². The van der Waals surface area contributed by atoms with E-state index in [0.29, 0.717) is 0 Å². The van der Waals surface area contributed by atoms with E-state index in [9.17, 15) is 10.2 Å². The van der Waals surface area contributed by atoms with Crippen LogP contribution < -0.4 is 0 Å². The quantitative estimate of drug-likeness (QED) is 0.698. The first-order chi connectivity index (χ1) is 10.2. The van der Waals surface area contributed by atoms with Crippen molar-refractivity contribution in [1.29, 1.82) is 0 Å². The predicted molar refractivity (Wildman–Crippen MR) is 83.7 cm³/mol. The van der Waals surface area contributed by atoms with Gasteiger partial charge in [-0.15, -0.1) is 0 Å². The molecule has 0 radical (unpaired) electrons. The summed E-state index contributed by atoms with van der Waals surface area (Å²) >= 11 is 0. The molecule has 0 saturated carbocycles. The zero-order valence-corrected chi connectivity index (χ0v) is 12.6. The van der Waals surface area contributed by atoms with Crippen LogP contribution in [0.3, 0.4) is 0 Å². The fourth-order valence-corrected chi connectivity index (χ4v) is 2.51. The van der Waals surface area contributed by atoms with E-state index >= 15 is 0 Å². The van der Waals surface area contributed by atoms with Gasteiger partial charge in [-0.1, -0.05) is 19.8 Å². The monoisotopic (exact) mass is 288 g/mol. The van der Waals surface area contributed by atoms with Crippen LogP contribution in [0.15, 0.2) is 34.7 Å². The minimum Gasteiger partial charge on any atom is -0.508 e. The molecule has 2 aromatic rings. The van der Waals surface area contributed by atoms with Crippen LogP contribution in [0.2, 0.25) is 0 Å². The Bertz CT molecular complexity index is 537. The fraction of sp³-hybridized carbons (Fsp3) is 0.444. The van der Waals surface area contributed by atoms with E-state index < -0.39 is 0 Å². The summed E-state index contributed by atoms with van der Waals surface area (Å²) in [7, 11) is 0. The summed E-state index contributed by atoms with van der Waals surface area (Å²) in [5.41, 5.74) is 0.947. The summed E-state index contributed by atoms with van der Waals surface area (Å²) in [4.78, 5) is 0. The van der Waals surface area contributed by atoms with Crippen LogP contribution >= 0.6 is 0 Å². The summed E-state index contributed by atoms with van der Waals surface area (Å²) < 4.78 is 5.82. The molecule has 0 amide bonds. The number of hydrogen-bond donors (Lipinski definition) is 2. The van der Waals surface area contributed by atoms with Crippen LogP contribution in [0.4, 0.5) is 0 Å². The molecule has 2 N–H and O–H groups in total. The summed E-state index contributed by atoms with van der Waals surface area (Å²) in [6.07, 6.45) is 7.31. The second kappa shape index (κ2) is 7.77. The second-order valence-electron chi connectivity index (χ2n) is 5.54. The lowest BCUT2D eigenvalue weighted by molar-refractivity contribution is 0.447. The lowest BCUT2D eigenvalue weighted by Gasteiger charge is -2.03. The molecule has 1 aromatic carbocycles. The third-order valence-corrected chi connectivity index (χ3v) is 3.59. The average Bonchev–Trinajstić information content (AvgIpc) is 2.86. The van der Waals surface area contributed by atoms with Crippen LogP contribution in [0.1, 0.15) is 49.7 Å². The highest BCUT2D eigenvalue weighted by molar-refractivity contribution is 5.36.